The predicted molar refractivity (Wildman–Crippen MR) is 225 cm³/mol. The molecule has 14 heteroatoms. The molecule has 1 N–H and O–H groups in total. The molecule has 0 aliphatic carbocycles. The third kappa shape index (κ3) is 11.1. The first kappa shape index (κ1) is 43.9. The van der Waals surface area contributed by atoms with Crippen LogP contribution in [0, 0.1) is 0 Å². The maximum absolute atomic E-state index is 13.4. The topological polar surface area (TPSA) is 123 Å². The average Bonchev–Trinajstić information content (AvgIpc) is 3.52. The van der Waals surface area contributed by atoms with Crippen molar-refractivity contribution in [2.45, 2.75) is 129 Å². The molecule has 1 aromatic carbocycles. The van der Waals surface area contributed by atoms with Gasteiger partial charge in [0.1, 0.15) is 12.4 Å². The first-order valence-electron chi connectivity index (χ1n) is 18.9. The number of hydrogen-bond donors (Lipinski definition) is 1. The van der Waals surface area contributed by atoms with Crippen LogP contribution in [0.4, 0.5) is 0 Å². The molecule has 54 heavy (non-hydrogen) atoms. The highest BCUT2D eigenvalue weighted by Gasteiger charge is 2.38. The minimum atomic E-state index is -1.99. The molecule has 0 aliphatic rings. The van der Waals surface area contributed by atoms with Crippen molar-refractivity contribution in [1.82, 2.24) is 29.5 Å². The van der Waals surface area contributed by atoms with Crippen LogP contribution in [0.3, 0.4) is 0 Å². The monoisotopic (exact) mass is 796 g/mol. The molecule has 3 aromatic heterocycles. The standard InChI is InChI=1S/C40H64N6O5SSi2/c1-38(2,3)52(47)45-34(19-16-20-50-53(11,12)39(4,5)6)33-18-15-17-32(44-33)29-23-35-31(36(24-29)49-22-21-48-10)26-42-46(35)37-27-41-25-30(43-37)28-51-54(13,14)40(7,8)9/h15,17-18,23-27,34,45H,16,19-22,28H2,1-14H3/t34-,52+/m0/s1. The van der Waals surface area contributed by atoms with Crippen LogP contribution in [0.5, 0.6) is 5.75 Å². The number of pyridine rings is 1. The summed E-state index contributed by atoms with van der Waals surface area (Å²) >= 11 is 0. The summed E-state index contributed by atoms with van der Waals surface area (Å²) in [5, 5.41) is 5.79. The number of benzene rings is 1. The lowest BCUT2D eigenvalue weighted by molar-refractivity contribution is 0.147. The maximum Gasteiger partial charge on any atom is 0.192 e. The molecule has 0 fully saturated rings. The van der Waals surface area contributed by atoms with Gasteiger partial charge in [-0.1, -0.05) is 47.6 Å². The van der Waals surface area contributed by atoms with Crippen LogP contribution in [0.1, 0.15) is 92.6 Å². The van der Waals surface area contributed by atoms with Gasteiger partial charge in [-0.05, 0) is 94.1 Å². The normalized spacial score (nSPS) is 14.4. The molecule has 2 atom stereocenters. The Morgan fingerprint density at radius 2 is 1.54 bits per heavy atom. The van der Waals surface area contributed by atoms with E-state index in [0.29, 0.717) is 38.0 Å². The van der Waals surface area contributed by atoms with Crippen molar-refractivity contribution in [3.8, 4) is 22.8 Å². The second-order valence-electron chi connectivity index (χ2n) is 18.0. The third-order valence-corrected chi connectivity index (χ3v) is 21.2. The highest BCUT2D eigenvalue weighted by molar-refractivity contribution is 7.84. The fourth-order valence-electron chi connectivity index (χ4n) is 5.03. The predicted octanol–water partition coefficient (Wildman–Crippen LogP) is 9.32. The number of ether oxygens (including phenoxy) is 2. The zero-order chi connectivity index (χ0) is 40.1. The van der Waals surface area contributed by atoms with E-state index in [4.69, 9.17) is 33.4 Å². The summed E-state index contributed by atoms with van der Waals surface area (Å²) < 4.78 is 42.7. The Labute approximate surface area is 328 Å². The molecule has 298 valence electrons. The lowest BCUT2D eigenvalue weighted by atomic mass is 10.0. The zero-order valence-electron chi connectivity index (χ0n) is 35.1. The molecule has 4 rings (SSSR count). The van der Waals surface area contributed by atoms with Gasteiger partial charge in [-0.3, -0.25) is 9.97 Å². The van der Waals surface area contributed by atoms with E-state index in [0.717, 1.165) is 46.4 Å². The molecule has 0 saturated heterocycles. The molecule has 4 aromatic rings. The fourth-order valence-corrected chi connectivity index (χ4v) is 7.91. The second-order valence-corrected chi connectivity index (χ2v) is 29.6. The Hall–Kier alpha value is -2.86. The Kier molecular flexibility index (Phi) is 14.2. The number of nitrogens with zero attached hydrogens (tertiary/aromatic N) is 5. The van der Waals surface area contributed by atoms with Crippen LogP contribution in [0.25, 0.3) is 28.0 Å². The van der Waals surface area contributed by atoms with Gasteiger partial charge in [0, 0.05) is 19.3 Å². The summed E-state index contributed by atoms with van der Waals surface area (Å²) in [5.74, 6) is 1.24. The van der Waals surface area contributed by atoms with Crippen LogP contribution >= 0.6 is 0 Å². The minimum Gasteiger partial charge on any atom is -0.490 e. The number of methoxy groups -OCH3 is 1. The van der Waals surface area contributed by atoms with E-state index in [2.05, 4.69) is 83.5 Å². The average molecular weight is 797 g/mol. The van der Waals surface area contributed by atoms with Crippen LogP contribution in [-0.4, -0.2) is 77.3 Å². The van der Waals surface area contributed by atoms with Crippen molar-refractivity contribution in [2.24, 2.45) is 0 Å². The lowest BCUT2D eigenvalue weighted by Gasteiger charge is -2.36. The summed E-state index contributed by atoms with van der Waals surface area (Å²) in [7, 11) is -3.53. The molecule has 0 bridgehead atoms. The third-order valence-electron chi connectivity index (χ3n) is 10.6. The first-order valence-corrected chi connectivity index (χ1v) is 25.9. The Morgan fingerprint density at radius 3 is 2.19 bits per heavy atom. The smallest absolute Gasteiger partial charge is 0.192 e. The fraction of sp³-hybridized carbons (Fsp3) is 0.600. The second kappa shape index (κ2) is 17.5. The molecule has 0 saturated carbocycles. The van der Waals surface area contributed by atoms with Gasteiger partial charge >= 0.3 is 0 Å². The van der Waals surface area contributed by atoms with E-state index >= 15 is 0 Å². The number of rotatable bonds is 17. The van der Waals surface area contributed by atoms with E-state index < -0.39 is 32.4 Å². The van der Waals surface area contributed by atoms with E-state index in [9.17, 15) is 4.21 Å². The molecule has 0 unspecified atom stereocenters. The van der Waals surface area contributed by atoms with Crippen molar-refractivity contribution < 1.29 is 22.5 Å². The highest BCUT2D eigenvalue weighted by Crippen LogP contribution is 2.38. The molecule has 11 nitrogen and oxygen atoms in total. The molecule has 3 heterocycles. The van der Waals surface area contributed by atoms with E-state index in [1.165, 1.54) is 0 Å². The van der Waals surface area contributed by atoms with E-state index in [-0.39, 0.29) is 16.1 Å². The van der Waals surface area contributed by atoms with Gasteiger partial charge in [-0.2, -0.15) is 5.10 Å². The van der Waals surface area contributed by atoms with Gasteiger partial charge in [0.05, 0.1) is 81.6 Å². The number of fused-ring (bicyclic) bond motifs is 1. The summed E-state index contributed by atoms with van der Waals surface area (Å²) in [6.07, 6.45) is 6.78. The van der Waals surface area contributed by atoms with Gasteiger partial charge in [-0.25, -0.2) is 18.6 Å². The number of nitrogens with one attached hydrogen (secondary N) is 1. The zero-order valence-corrected chi connectivity index (χ0v) is 37.9. The van der Waals surface area contributed by atoms with Crippen LogP contribution < -0.4 is 9.46 Å². The molecule has 0 amide bonds. The van der Waals surface area contributed by atoms with Crippen molar-refractivity contribution >= 4 is 38.5 Å². The van der Waals surface area contributed by atoms with Crippen LogP contribution in [0.15, 0.2) is 48.9 Å². The number of hydrogen-bond acceptors (Lipinski definition) is 9. The summed E-state index contributed by atoms with van der Waals surface area (Å²) in [5.41, 5.74) is 3.96. The largest absolute Gasteiger partial charge is 0.490 e. The van der Waals surface area contributed by atoms with Crippen molar-refractivity contribution in [3.05, 3.63) is 60.3 Å². The Balaban J connectivity index is 1.71. The Morgan fingerprint density at radius 1 is 0.852 bits per heavy atom. The molecular formula is C40H64N6O5SSi2. The van der Waals surface area contributed by atoms with Crippen molar-refractivity contribution in [3.63, 3.8) is 0 Å². The van der Waals surface area contributed by atoms with Crippen molar-refractivity contribution in [2.75, 3.05) is 26.9 Å². The van der Waals surface area contributed by atoms with Crippen LogP contribution in [0.2, 0.25) is 36.3 Å². The van der Waals surface area contributed by atoms with Gasteiger partial charge in [0.15, 0.2) is 22.5 Å². The minimum absolute atomic E-state index is 0.0794. The lowest BCUT2D eigenvalue weighted by Crippen LogP contribution is -2.41. The SMILES string of the molecule is COCCOc1cc(-c2cccc([C@H](CCCO[Si](C)(C)C(C)(C)C)N[S@](=O)C(C)(C)C)n2)cc2c1cnn2-c1cncc(CO[Si](C)(C)C(C)(C)C)n1. The molecular weight excluding hydrogens is 733 g/mol. The first-order chi connectivity index (χ1) is 25.0. The summed E-state index contributed by atoms with van der Waals surface area (Å²) in [6, 6.07) is 9.80. The summed E-state index contributed by atoms with van der Waals surface area (Å²) in [6.45, 7) is 30.2. The van der Waals surface area contributed by atoms with E-state index in [1.54, 1.807) is 30.4 Å². The molecule has 0 aliphatic heterocycles. The summed E-state index contributed by atoms with van der Waals surface area (Å²) in [4.78, 5) is 14.6. The van der Waals surface area contributed by atoms with E-state index in [1.807, 2.05) is 45.0 Å². The van der Waals surface area contributed by atoms with Gasteiger partial charge in [-0.15, -0.1) is 0 Å². The quantitative estimate of drug-likeness (QED) is 0.0823. The van der Waals surface area contributed by atoms with Crippen molar-refractivity contribution in [1.29, 1.82) is 0 Å². The molecule has 0 spiro atoms. The highest BCUT2D eigenvalue weighted by atomic mass is 32.2. The van der Waals surface area contributed by atoms with Gasteiger partial charge in [0.2, 0.25) is 0 Å². The number of aromatic nitrogens is 5. The van der Waals surface area contributed by atoms with Gasteiger partial charge < -0.3 is 18.3 Å². The Bertz CT molecular complexity index is 1880. The molecule has 0 radical (unpaired) electrons. The maximum atomic E-state index is 13.4. The van der Waals surface area contributed by atoms with Gasteiger partial charge in [0.25, 0.3) is 0 Å². The van der Waals surface area contributed by atoms with Crippen LogP contribution in [-0.2, 0) is 31.2 Å².